The first-order valence-corrected chi connectivity index (χ1v) is 16.1. The molecule has 7 rings (SSSR count). The summed E-state index contributed by atoms with van der Waals surface area (Å²) in [5.41, 5.74) is 1.60. The molecule has 2 amide bonds. The number of esters is 1. The smallest absolute Gasteiger partial charge is 0.325 e. The lowest BCUT2D eigenvalue weighted by atomic mass is 9.70. The molecule has 8 nitrogen and oxygen atoms in total. The Morgan fingerprint density at radius 3 is 2.60 bits per heavy atom. The number of anilines is 3. The summed E-state index contributed by atoms with van der Waals surface area (Å²) in [6, 6.07) is 17.1. The molecular weight excluding hydrogens is 618 g/mol. The van der Waals surface area contributed by atoms with Crippen LogP contribution in [-0.4, -0.2) is 55.0 Å². The van der Waals surface area contributed by atoms with E-state index in [1.54, 1.807) is 36.1 Å². The average molecular weight is 652 g/mol. The Bertz CT molecular complexity index is 1680. The number of halogens is 3. The van der Waals surface area contributed by atoms with Gasteiger partial charge in [-0.25, -0.2) is 4.39 Å². The maximum absolute atomic E-state index is 16.1. The number of carbonyl (C=O) groups excluding carboxylic acids is 3. The van der Waals surface area contributed by atoms with Crippen LogP contribution in [0.1, 0.15) is 43.2 Å². The topological polar surface area (TPSA) is 91.0 Å². The fraction of sp³-hybridized carbons (Fsp3) is 0.382. The van der Waals surface area contributed by atoms with Crippen LogP contribution in [-0.2, 0) is 24.7 Å². The van der Waals surface area contributed by atoms with Gasteiger partial charge in [0, 0.05) is 52.7 Å². The van der Waals surface area contributed by atoms with Gasteiger partial charge in [0.15, 0.2) is 0 Å². The summed E-state index contributed by atoms with van der Waals surface area (Å²) in [6.07, 6.45) is 2.69. The van der Waals surface area contributed by atoms with Crippen LogP contribution in [0.15, 0.2) is 60.7 Å². The zero-order chi connectivity index (χ0) is 31.5. The molecule has 3 fully saturated rings. The van der Waals surface area contributed by atoms with E-state index in [0.717, 1.165) is 12.8 Å². The second kappa shape index (κ2) is 11.6. The van der Waals surface area contributed by atoms with Gasteiger partial charge in [-0.15, -0.1) is 0 Å². The third-order valence-corrected chi connectivity index (χ3v) is 10.2. The van der Waals surface area contributed by atoms with Crippen molar-refractivity contribution in [2.24, 2.45) is 11.8 Å². The van der Waals surface area contributed by atoms with E-state index >= 15 is 4.39 Å². The first-order valence-electron chi connectivity index (χ1n) is 15.4. The highest BCUT2D eigenvalue weighted by atomic mass is 35.5. The third-order valence-electron chi connectivity index (χ3n) is 9.65. The van der Waals surface area contributed by atoms with Crippen molar-refractivity contribution < 1.29 is 23.5 Å². The molecule has 1 saturated carbocycles. The number of likely N-dealkylation sites (tertiary alicyclic amines) is 1. The number of piperidine rings is 1. The molecule has 2 saturated heterocycles. The van der Waals surface area contributed by atoms with Gasteiger partial charge in [0.1, 0.15) is 17.9 Å². The van der Waals surface area contributed by atoms with E-state index in [4.69, 9.17) is 27.9 Å². The number of hydrogen-bond acceptors (Lipinski definition) is 6. The minimum Gasteiger partial charge on any atom is -0.465 e. The van der Waals surface area contributed by atoms with Crippen molar-refractivity contribution in [2.75, 3.05) is 41.8 Å². The monoisotopic (exact) mass is 650 g/mol. The largest absolute Gasteiger partial charge is 0.465 e. The fourth-order valence-electron chi connectivity index (χ4n) is 7.64. The fourth-order valence-corrected chi connectivity index (χ4v) is 7.99. The van der Waals surface area contributed by atoms with Gasteiger partial charge in [0.2, 0.25) is 11.8 Å². The summed E-state index contributed by atoms with van der Waals surface area (Å²) in [5, 5.41) is 6.50. The first-order chi connectivity index (χ1) is 21.7. The van der Waals surface area contributed by atoms with Crippen molar-refractivity contribution >= 4 is 58.0 Å². The molecule has 2 N–H and O–H groups in total. The number of nitrogens with one attached hydrogen (secondary N) is 2. The van der Waals surface area contributed by atoms with E-state index in [1.165, 1.54) is 6.07 Å². The number of carbonyl (C=O) groups is 3. The molecule has 0 aromatic heterocycles. The quantitative estimate of drug-likeness (QED) is 0.283. The summed E-state index contributed by atoms with van der Waals surface area (Å²) in [5.74, 6) is -2.59. The number of nitrogens with zero attached hydrogens (tertiary/aromatic N) is 2. The van der Waals surface area contributed by atoms with Crippen molar-refractivity contribution in [2.45, 2.75) is 43.7 Å². The standard InChI is InChI=1S/C34H33Cl2FN4O4/c1-2-45-28(42)17-38-21-9-11-22(12-10-21)40-15-14-27-29(32(40)43)30(23-4-3-5-25(36)31(23)37)34(41(27)18-19-6-7-19)24-13-8-20(35)16-26(24)39-33(34)44/h3-5,8-13,16,19,27,29-30,38H,2,6-7,14-15,17-18H2,1H3,(H,39,44)/t27-,29+,30-,34+/m0/s1. The molecule has 3 heterocycles. The summed E-state index contributed by atoms with van der Waals surface area (Å²) >= 11 is 12.7. The highest BCUT2D eigenvalue weighted by Crippen LogP contribution is 2.62. The lowest BCUT2D eigenvalue weighted by molar-refractivity contribution is -0.141. The van der Waals surface area contributed by atoms with Gasteiger partial charge in [0.05, 0.1) is 17.5 Å². The highest BCUT2D eigenvalue weighted by Gasteiger charge is 2.70. The summed E-state index contributed by atoms with van der Waals surface area (Å²) in [6.45, 7) is 3.15. The number of hydrogen-bond donors (Lipinski definition) is 2. The molecule has 0 unspecified atom stereocenters. The molecule has 3 aromatic carbocycles. The normalized spacial score (nSPS) is 25.7. The summed E-state index contributed by atoms with van der Waals surface area (Å²) < 4.78 is 21.1. The van der Waals surface area contributed by atoms with Crippen LogP contribution in [0.25, 0.3) is 0 Å². The lowest BCUT2D eigenvalue weighted by Gasteiger charge is -2.40. The average Bonchev–Trinajstić information content (AvgIpc) is 3.74. The van der Waals surface area contributed by atoms with Crippen molar-refractivity contribution in [3.8, 4) is 0 Å². The van der Waals surface area contributed by atoms with Gasteiger partial charge in [0.25, 0.3) is 0 Å². The van der Waals surface area contributed by atoms with Crippen LogP contribution >= 0.6 is 23.2 Å². The van der Waals surface area contributed by atoms with Crippen LogP contribution in [0, 0.1) is 17.7 Å². The zero-order valence-electron chi connectivity index (χ0n) is 24.7. The van der Waals surface area contributed by atoms with E-state index in [9.17, 15) is 14.4 Å². The Morgan fingerprint density at radius 1 is 1.09 bits per heavy atom. The van der Waals surface area contributed by atoms with E-state index < -0.39 is 23.2 Å². The molecule has 0 radical (unpaired) electrons. The van der Waals surface area contributed by atoms with E-state index in [2.05, 4.69) is 15.5 Å². The van der Waals surface area contributed by atoms with Crippen molar-refractivity contribution in [3.63, 3.8) is 0 Å². The van der Waals surface area contributed by atoms with Crippen molar-refractivity contribution in [3.05, 3.63) is 87.7 Å². The molecule has 1 aliphatic carbocycles. The molecule has 1 spiro atoms. The Morgan fingerprint density at radius 2 is 1.87 bits per heavy atom. The number of fused-ring (bicyclic) bond motifs is 3. The van der Waals surface area contributed by atoms with E-state index in [0.29, 0.717) is 59.7 Å². The van der Waals surface area contributed by atoms with Gasteiger partial charge >= 0.3 is 5.97 Å². The van der Waals surface area contributed by atoms with Crippen LogP contribution in [0.2, 0.25) is 10.0 Å². The Hall–Kier alpha value is -3.66. The van der Waals surface area contributed by atoms with Crippen LogP contribution in [0.4, 0.5) is 21.5 Å². The van der Waals surface area contributed by atoms with Crippen LogP contribution in [0.5, 0.6) is 0 Å². The Balaban J connectivity index is 1.32. The molecule has 3 aliphatic heterocycles. The van der Waals surface area contributed by atoms with Crippen LogP contribution < -0.4 is 15.5 Å². The predicted octanol–water partition coefficient (Wildman–Crippen LogP) is 6.19. The number of amides is 2. The third kappa shape index (κ3) is 4.96. The highest BCUT2D eigenvalue weighted by molar-refractivity contribution is 6.31. The van der Waals surface area contributed by atoms with E-state index in [-0.39, 0.29) is 41.0 Å². The minimum atomic E-state index is -1.32. The summed E-state index contributed by atoms with van der Waals surface area (Å²) in [4.78, 5) is 44.9. The zero-order valence-corrected chi connectivity index (χ0v) is 26.2. The molecule has 11 heteroatoms. The molecular formula is C34H33Cl2FN4O4. The lowest BCUT2D eigenvalue weighted by Crippen LogP contribution is -2.54. The maximum atomic E-state index is 16.1. The maximum Gasteiger partial charge on any atom is 0.325 e. The Labute approximate surface area is 270 Å². The first kappa shape index (κ1) is 30.0. The minimum absolute atomic E-state index is 0.0279. The molecule has 4 aliphatic rings. The van der Waals surface area contributed by atoms with Crippen molar-refractivity contribution in [1.82, 2.24) is 4.90 Å². The Kier molecular flexibility index (Phi) is 7.74. The van der Waals surface area contributed by atoms with Gasteiger partial charge in [-0.05, 0) is 80.1 Å². The predicted molar refractivity (Wildman–Crippen MR) is 171 cm³/mol. The molecule has 45 heavy (non-hydrogen) atoms. The second-order valence-corrected chi connectivity index (χ2v) is 13.0. The number of rotatable bonds is 8. The summed E-state index contributed by atoms with van der Waals surface area (Å²) in [7, 11) is 0. The number of ether oxygens (including phenoxy) is 1. The van der Waals surface area contributed by atoms with E-state index in [1.807, 2.05) is 30.3 Å². The van der Waals surface area contributed by atoms with Gasteiger partial charge in [-0.1, -0.05) is 41.4 Å². The van der Waals surface area contributed by atoms with Gasteiger partial charge < -0.3 is 20.3 Å². The SMILES string of the molecule is CCOC(=O)CNc1ccc(N2CC[C@H]3[C@@H](C2=O)[C@H](c2cccc(Cl)c2F)[C@]2(C(=O)Nc4cc(Cl)ccc42)N3CC2CC2)cc1. The molecule has 234 valence electrons. The molecule has 3 aromatic rings. The number of benzene rings is 3. The van der Waals surface area contributed by atoms with Crippen LogP contribution in [0.3, 0.4) is 0 Å². The molecule has 4 atom stereocenters. The van der Waals surface area contributed by atoms with Crippen molar-refractivity contribution in [1.29, 1.82) is 0 Å². The van der Waals surface area contributed by atoms with Gasteiger partial charge in [-0.3, -0.25) is 19.3 Å². The molecule has 0 bridgehead atoms. The second-order valence-electron chi connectivity index (χ2n) is 12.2. The van der Waals surface area contributed by atoms with Gasteiger partial charge in [-0.2, -0.15) is 0 Å².